The fraction of sp³-hybridized carbons (Fsp3) is 0.692. The average Bonchev–Trinajstić information content (AvgIpc) is 2.76. The van der Waals surface area contributed by atoms with Crippen molar-refractivity contribution < 1.29 is 29.6 Å². The zero-order chi connectivity index (χ0) is 24.8. The van der Waals surface area contributed by atoms with Crippen LogP contribution < -0.4 is 20.0 Å². The van der Waals surface area contributed by atoms with Gasteiger partial charge in [0.05, 0.1) is 51.2 Å². The molecular weight excluding hydrogens is 404 g/mol. The highest BCUT2D eigenvalue weighted by atomic mass is 16.4. The molecule has 1 aromatic rings. The number of carboxylic acid groups (broad SMARTS) is 2. The van der Waals surface area contributed by atoms with Gasteiger partial charge in [0.15, 0.2) is 0 Å². The highest BCUT2D eigenvalue weighted by molar-refractivity contribution is 5.99. The van der Waals surface area contributed by atoms with Gasteiger partial charge < -0.3 is 29.6 Å². The van der Waals surface area contributed by atoms with Gasteiger partial charge in [-0.1, -0.05) is 65.8 Å². The minimum Gasteiger partial charge on any atom is -0.545 e. The first kappa shape index (κ1) is 32.3. The van der Waals surface area contributed by atoms with Crippen LogP contribution in [0.4, 0.5) is 0 Å². The Balaban J connectivity index is 0. The molecule has 186 valence electrons. The quantitative estimate of drug-likeness (QED) is 0.433. The van der Waals surface area contributed by atoms with Crippen LogP contribution in [0.5, 0.6) is 0 Å². The maximum absolute atomic E-state index is 10.3. The summed E-state index contributed by atoms with van der Waals surface area (Å²) in [6, 6.07) is 5.14. The predicted octanol–water partition coefficient (Wildman–Crippen LogP) is 0.616. The van der Waals surface area contributed by atoms with E-state index in [1.165, 1.54) is 89.9 Å². The van der Waals surface area contributed by atoms with Gasteiger partial charge in [-0.2, -0.15) is 0 Å². The van der Waals surface area contributed by atoms with Gasteiger partial charge in [-0.25, -0.2) is 0 Å². The molecule has 0 amide bonds. The normalized spacial score (nSPS) is 10.2. The minimum absolute atomic E-state index is 0.363. The lowest BCUT2D eigenvalue weighted by molar-refractivity contribution is -0.900. The number of carbonyl (C=O) groups is 2. The zero-order valence-corrected chi connectivity index (χ0v) is 21.4. The highest BCUT2D eigenvalue weighted by Gasteiger charge is 2.03. The lowest BCUT2D eigenvalue weighted by Crippen LogP contribution is -3.11. The molecule has 0 saturated heterocycles. The molecule has 0 aliphatic carbocycles. The Labute approximate surface area is 196 Å². The van der Waals surface area contributed by atoms with Crippen LogP contribution in [-0.2, 0) is 0 Å². The Hall–Kier alpha value is -1.92. The maximum Gasteiger partial charge on any atom is 0.0768 e. The third-order valence-corrected chi connectivity index (χ3v) is 4.99. The summed E-state index contributed by atoms with van der Waals surface area (Å²) in [4.78, 5) is 24.2. The van der Waals surface area contributed by atoms with E-state index in [0.29, 0.717) is 0 Å². The third-order valence-electron chi connectivity index (χ3n) is 4.99. The van der Waals surface area contributed by atoms with Crippen molar-refractivity contribution in [1.82, 2.24) is 0 Å². The molecule has 32 heavy (non-hydrogen) atoms. The fourth-order valence-electron chi connectivity index (χ4n) is 3.71. The first-order valence-electron chi connectivity index (χ1n) is 12.5. The van der Waals surface area contributed by atoms with Crippen LogP contribution >= 0.6 is 0 Å². The number of hydrogen-bond acceptors (Lipinski definition) is 4. The smallest absolute Gasteiger partial charge is 0.0768 e. The molecule has 0 atom stereocenters. The van der Waals surface area contributed by atoms with Gasteiger partial charge in [0, 0.05) is 11.1 Å². The van der Waals surface area contributed by atoms with Crippen LogP contribution in [-0.4, -0.2) is 51.2 Å². The zero-order valence-electron chi connectivity index (χ0n) is 21.4. The van der Waals surface area contributed by atoms with E-state index in [-0.39, 0.29) is 11.1 Å². The van der Waals surface area contributed by atoms with Crippen LogP contribution in [0, 0.1) is 0 Å². The second kappa shape index (κ2) is 22.3. The number of carbonyl (C=O) groups excluding carboxylic acids is 2. The van der Waals surface area contributed by atoms with Crippen molar-refractivity contribution in [3.05, 3.63) is 35.4 Å². The number of aromatic carboxylic acids is 2. The molecule has 0 radical (unpaired) electrons. The Kier molecular flexibility index (Phi) is 22.5. The lowest BCUT2D eigenvalue weighted by atomic mass is 10.1. The van der Waals surface area contributed by atoms with E-state index < -0.39 is 11.9 Å². The first-order chi connectivity index (χ1) is 15.3. The summed E-state index contributed by atoms with van der Waals surface area (Å²) in [5, 5.41) is 20.6. The van der Waals surface area contributed by atoms with E-state index in [4.69, 9.17) is 0 Å². The van der Waals surface area contributed by atoms with E-state index >= 15 is 0 Å². The fourth-order valence-corrected chi connectivity index (χ4v) is 3.71. The van der Waals surface area contributed by atoms with Crippen molar-refractivity contribution in [2.24, 2.45) is 0 Å². The Morgan fingerprint density at radius 1 is 0.562 bits per heavy atom. The summed E-state index contributed by atoms with van der Waals surface area (Å²) in [6.07, 6.45) is 7.97. The summed E-state index contributed by atoms with van der Waals surface area (Å²) in [5.41, 5.74) is -0.727. The van der Waals surface area contributed by atoms with Crippen LogP contribution in [0.25, 0.3) is 0 Å². The number of quaternary nitrogens is 2. The van der Waals surface area contributed by atoms with Crippen molar-refractivity contribution >= 4 is 11.9 Å². The van der Waals surface area contributed by atoms with Crippen molar-refractivity contribution in [3.8, 4) is 0 Å². The molecular formula is C26H48N2O4. The SMILES string of the molecule is CCC[NH+](CCC)CCC.CCC[NH+](CCC)CCC.O=C([O-])c1ccccc1C(=O)[O-]. The molecule has 1 aromatic carbocycles. The molecule has 0 spiro atoms. The van der Waals surface area contributed by atoms with Crippen molar-refractivity contribution in [3.63, 3.8) is 0 Å². The van der Waals surface area contributed by atoms with Crippen LogP contribution in [0.2, 0.25) is 0 Å². The molecule has 0 aliphatic heterocycles. The van der Waals surface area contributed by atoms with Gasteiger partial charge in [-0.3, -0.25) is 0 Å². The molecule has 0 aliphatic rings. The first-order valence-corrected chi connectivity index (χ1v) is 12.5. The van der Waals surface area contributed by atoms with Crippen LogP contribution in [0.15, 0.2) is 24.3 Å². The van der Waals surface area contributed by atoms with Crippen molar-refractivity contribution in [1.29, 1.82) is 0 Å². The molecule has 0 unspecified atom stereocenters. The number of nitrogens with one attached hydrogen (secondary N) is 2. The monoisotopic (exact) mass is 452 g/mol. The van der Waals surface area contributed by atoms with Gasteiger partial charge in [-0.05, 0) is 38.5 Å². The Morgan fingerprint density at radius 2 is 0.781 bits per heavy atom. The van der Waals surface area contributed by atoms with E-state index in [9.17, 15) is 19.8 Å². The summed E-state index contributed by atoms with van der Waals surface area (Å²) in [5.74, 6) is -3.04. The van der Waals surface area contributed by atoms with E-state index in [0.717, 1.165) is 12.1 Å². The van der Waals surface area contributed by atoms with Crippen molar-refractivity contribution in [2.45, 2.75) is 80.1 Å². The number of benzene rings is 1. The van der Waals surface area contributed by atoms with E-state index in [1.807, 2.05) is 0 Å². The minimum atomic E-state index is -1.52. The summed E-state index contributed by atoms with van der Waals surface area (Å²) in [6.45, 7) is 21.8. The maximum atomic E-state index is 10.3. The third kappa shape index (κ3) is 16.7. The predicted molar refractivity (Wildman–Crippen MR) is 128 cm³/mol. The number of carboxylic acids is 2. The van der Waals surface area contributed by atoms with Gasteiger partial charge in [-0.15, -0.1) is 0 Å². The molecule has 1 rings (SSSR count). The molecule has 0 bridgehead atoms. The molecule has 0 saturated carbocycles. The van der Waals surface area contributed by atoms with Gasteiger partial charge in [0.2, 0.25) is 0 Å². The summed E-state index contributed by atoms with van der Waals surface area (Å²) >= 11 is 0. The van der Waals surface area contributed by atoms with E-state index in [2.05, 4.69) is 41.5 Å². The average molecular weight is 453 g/mol. The molecule has 0 fully saturated rings. The van der Waals surface area contributed by atoms with E-state index in [1.54, 1.807) is 9.80 Å². The Bertz CT molecular complexity index is 513. The van der Waals surface area contributed by atoms with Crippen LogP contribution in [0.3, 0.4) is 0 Å². The Morgan fingerprint density at radius 3 is 0.938 bits per heavy atom. The standard InChI is InChI=1S/2C9H21N.C8H6O4/c2*1-4-7-10(8-5-2)9-6-3;9-7(10)5-3-1-2-4-6(5)8(11)12/h2*4-9H2,1-3H3;1-4H,(H,9,10)(H,11,12). The lowest BCUT2D eigenvalue weighted by Gasteiger charge is -2.16. The number of hydrogen-bond donors (Lipinski definition) is 2. The molecule has 0 heterocycles. The van der Waals surface area contributed by atoms with Crippen LogP contribution in [0.1, 0.15) is 101 Å². The molecule has 6 heteroatoms. The molecule has 0 aromatic heterocycles. The van der Waals surface area contributed by atoms with Gasteiger partial charge >= 0.3 is 0 Å². The summed E-state index contributed by atoms with van der Waals surface area (Å²) in [7, 11) is 0. The second-order valence-electron chi connectivity index (χ2n) is 8.12. The molecule has 6 nitrogen and oxygen atoms in total. The number of rotatable bonds is 14. The topological polar surface area (TPSA) is 89.1 Å². The molecule has 2 N–H and O–H groups in total. The summed E-state index contributed by atoms with van der Waals surface area (Å²) < 4.78 is 0. The highest BCUT2D eigenvalue weighted by Crippen LogP contribution is 2.05. The van der Waals surface area contributed by atoms with Gasteiger partial charge in [0.25, 0.3) is 0 Å². The second-order valence-corrected chi connectivity index (χ2v) is 8.12. The largest absolute Gasteiger partial charge is 0.545 e. The van der Waals surface area contributed by atoms with Crippen molar-refractivity contribution in [2.75, 3.05) is 39.3 Å². The van der Waals surface area contributed by atoms with Gasteiger partial charge in [0.1, 0.15) is 0 Å².